The molecule has 0 fully saturated rings. The van der Waals surface area contributed by atoms with Crippen LogP contribution in [0.15, 0.2) is 397 Å². The third-order valence-electron chi connectivity index (χ3n) is 22.1. The molecule has 0 aliphatic heterocycles. The maximum Gasteiger partial charge on any atom is 0.227 e. The van der Waals surface area contributed by atoms with Gasteiger partial charge in [0.1, 0.15) is 11.0 Å². The van der Waals surface area contributed by atoms with Gasteiger partial charge in [-0.05, 0) is 218 Å². The van der Waals surface area contributed by atoms with E-state index >= 15 is 0 Å². The van der Waals surface area contributed by atoms with Gasteiger partial charge in [-0.1, -0.05) is 224 Å². The first kappa shape index (κ1) is 62.5. The van der Waals surface area contributed by atoms with E-state index in [0.29, 0.717) is 11.8 Å². The van der Waals surface area contributed by atoms with Crippen molar-refractivity contribution in [2.75, 3.05) is 4.90 Å². The minimum absolute atomic E-state index is 0.638. The van der Waals surface area contributed by atoms with Crippen LogP contribution in [0.25, 0.3) is 193 Å². The summed E-state index contributed by atoms with van der Waals surface area (Å²) in [5, 5.41) is 16.6. The lowest BCUT2D eigenvalue weighted by molar-refractivity contribution is 0.619. The Morgan fingerprint density at radius 1 is 0.209 bits per heavy atom. The third-order valence-corrected chi connectivity index (χ3v) is 22.1. The summed E-state index contributed by atoms with van der Waals surface area (Å²) in [4.78, 5) is 12.3. The number of benzene rings is 18. The monoisotopic (exact) mass is 1400 g/mol. The number of aromatic nitrogens is 5. The van der Waals surface area contributed by atoms with Gasteiger partial charge in [0.05, 0.1) is 33.1 Å². The van der Waals surface area contributed by atoms with E-state index in [1.54, 1.807) is 0 Å². The average Bonchev–Trinajstić information content (AvgIpc) is 1.55. The number of para-hydroxylation sites is 6. The Morgan fingerprint density at radius 3 is 0.964 bits per heavy atom. The molecule has 0 atom stereocenters. The van der Waals surface area contributed by atoms with E-state index in [1.807, 2.05) is 72.8 Å². The molecule has 23 aromatic rings. The fourth-order valence-corrected chi connectivity index (χ4v) is 17.0. The predicted molar refractivity (Wildman–Crippen MR) is 457 cm³/mol. The molecular formula is C102H64N6O2. The van der Waals surface area contributed by atoms with Crippen LogP contribution in [0.4, 0.5) is 17.1 Å². The van der Waals surface area contributed by atoms with Crippen molar-refractivity contribution in [3.63, 3.8) is 0 Å². The Morgan fingerprint density at radius 2 is 0.536 bits per heavy atom. The van der Waals surface area contributed by atoms with E-state index in [4.69, 9.17) is 18.8 Å². The lowest BCUT2D eigenvalue weighted by atomic mass is 10.00. The van der Waals surface area contributed by atoms with Crippen molar-refractivity contribution in [1.29, 1.82) is 0 Å². The summed E-state index contributed by atoms with van der Waals surface area (Å²) < 4.78 is 19.7. The van der Waals surface area contributed by atoms with Crippen LogP contribution in [0.5, 0.6) is 0 Å². The van der Waals surface area contributed by atoms with Crippen molar-refractivity contribution in [1.82, 2.24) is 23.7 Å². The summed E-state index contributed by atoms with van der Waals surface area (Å²) in [7, 11) is 0. The van der Waals surface area contributed by atoms with E-state index in [-0.39, 0.29) is 0 Å². The Bertz CT molecular complexity index is 7530. The number of hydrogen-bond acceptors (Lipinski definition) is 5. The molecule has 110 heavy (non-hydrogen) atoms. The first-order chi connectivity index (χ1) is 54.5. The molecule has 0 aliphatic rings. The minimum Gasteiger partial charge on any atom is -0.436 e. The summed E-state index contributed by atoms with van der Waals surface area (Å²) in [6.45, 7) is 0. The van der Waals surface area contributed by atoms with Gasteiger partial charge in [-0.2, -0.15) is 0 Å². The van der Waals surface area contributed by atoms with Crippen molar-refractivity contribution in [3.05, 3.63) is 388 Å². The predicted octanol–water partition coefficient (Wildman–Crippen LogP) is 27.7. The topological polar surface area (TPSA) is 70.1 Å². The zero-order chi connectivity index (χ0) is 72.3. The van der Waals surface area contributed by atoms with Crippen LogP contribution in [-0.2, 0) is 0 Å². The molecule has 0 N–H and O–H groups in total. The molecule has 0 spiro atoms. The highest BCUT2D eigenvalue weighted by Gasteiger charge is 2.22. The molecule has 0 saturated carbocycles. The van der Waals surface area contributed by atoms with Crippen molar-refractivity contribution < 1.29 is 8.83 Å². The molecule has 0 aliphatic carbocycles. The SMILES string of the molecule is c1ccc(-c2nc3c(ccc4ccc5cc(-n6c7ccccc7c7cc(-c8ccc(N(c9ccccc9)c9ccccc9)cc8)ccc76)ccc5c43)o2)cc1.c1ccc(-c2nc3c(ccc4ccc5cc(-n6c7ccccc7c7cc(-c8ccc9c(c8)c8ccccc8n9-c8ccccc8)ccc76)ccc5c43)o2)cc1. The molecule has 0 bridgehead atoms. The zero-order valence-corrected chi connectivity index (χ0v) is 59.5. The van der Waals surface area contributed by atoms with Crippen molar-refractivity contribution in [2.24, 2.45) is 0 Å². The number of anilines is 3. The van der Waals surface area contributed by atoms with Gasteiger partial charge in [-0.25, -0.2) is 9.97 Å². The molecule has 0 unspecified atom stereocenters. The Labute approximate surface area is 631 Å². The van der Waals surface area contributed by atoms with Crippen LogP contribution in [0, 0.1) is 0 Å². The highest BCUT2D eigenvalue weighted by atomic mass is 16.4. The number of oxazole rings is 2. The van der Waals surface area contributed by atoms with E-state index in [9.17, 15) is 0 Å². The largest absolute Gasteiger partial charge is 0.436 e. The van der Waals surface area contributed by atoms with Gasteiger partial charge in [-0.15, -0.1) is 0 Å². The molecule has 8 heteroatoms. The molecule has 8 nitrogen and oxygen atoms in total. The Balaban J connectivity index is 0.000000136. The van der Waals surface area contributed by atoms with Gasteiger partial charge in [0.25, 0.3) is 0 Å². The van der Waals surface area contributed by atoms with Gasteiger partial charge < -0.3 is 27.4 Å². The molecule has 5 aromatic heterocycles. The number of fused-ring (bicyclic) bond motifs is 19. The fraction of sp³-hybridized carbons (Fsp3) is 0. The lowest BCUT2D eigenvalue weighted by Crippen LogP contribution is -2.09. The summed E-state index contributed by atoms with van der Waals surface area (Å²) in [5.41, 5.74) is 24.0. The summed E-state index contributed by atoms with van der Waals surface area (Å²) >= 11 is 0. The maximum atomic E-state index is 6.27. The first-order valence-electron chi connectivity index (χ1n) is 37.3. The zero-order valence-electron chi connectivity index (χ0n) is 59.5. The Hall–Kier alpha value is -14.9. The fourth-order valence-electron chi connectivity index (χ4n) is 17.0. The van der Waals surface area contributed by atoms with Gasteiger partial charge in [-0.3, -0.25) is 0 Å². The maximum absolute atomic E-state index is 6.27. The second kappa shape index (κ2) is 25.4. The van der Waals surface area contributed by atoms with Crippen molar-refractivity contribution >= 4 is 148 Å². The average molecular weight is 1410 g/mol. The Kier molecular flexibility index (Phi) is 14.5. The molecular weight excluding hydrogens is 1340 g/mol. The van der Waals surface area contributed by atoms with E-state index in [2.05, 4.69) is 334 Å². The second-order valence-corrected chi connectivity index (χ2v) is 28.4. The number of hydrogen-bond donors (Lipinski definition) is 0. The van der Waals surface area contributed by atoms with Gasteiger partial charge in [0.2, 0.25) is 11.8 Å². The van der Waals surface area contributed by atoms with Crippen LogP contribution >= 0.6 is 0 Å². The summed E-state index contributed by atoms with van der Waals surface area (Å²) in [6.07, 6.45) is 0. The molecule has 514 valence electrons. The second-order valence-electron chi connectivity index (χ2n) is 28.4. The minimum atomic E-state index is 0.638. The van der Waals surface area contributed by atoms with Crippen LogP contribution < -0.4 is 4.90 Å². The smallest absolute Gasteiger partial charge is 0.227 e. The van der Waals surface area contributed by atoms with Crippen LogP contribution in [-0.4, -0.2) is 23.7 Å². The molecule has 0 amide bonds. The van der Waals surface area contributed by atoms with Gasteiger partial charge >= 0.3 is 0 Å². The number of nitrogens with zero attached hydrogens (tertiary/aromatic N) is 6. The summed E-state index contributed by atoms with van der Waals surface area (Å²) in [6, 6.07) is 138. The van der Waals surface area contributed by atoms with Crippen LogP contribution in [0.1, 0.15) is 0 Å². The standard InChI is InChI=1S/C51H31N3O.C51H33N3O/c1-3-11-33(12-4-1)51-52-50-48(55-51)28-23-32-19-20-36-29-38(24-25-39(36)49(32)50)54-45-18-10-8-16-41(45)43-31-35(22-27-47(43)54)34-21-26-46-42(30-34)40-15-7-9-17-44(40)53(46)37-13-5-2-6-14-37;1-4-12-36(13-5-1)51-52-50-48(55-51)31-25-35-20-21-38-32-42(28-29-43(38)49(35)50)54-46-19-11-10-18-44(46)45-33-37(24-30-47(45)54)34-22-26-41(27-23-34)53(39-14-6-2-7-15-39)40-16-8-3-9-17-40/h1-31H;1-33H. The first-order valence-corrected chi connectivity index (χ1v) is 37.3. The van der Waals surface area contributed by atoms with Crippen LogP contribution in [0.3, 0.4) is 0 Å². The van der Waals surface area contributed by atoms with Gasteiger partial charge in [0.15, 0.2) is 11.2 Å². The molecule has 23 rings (SSSR count). The normalized spacial score (nSPS) is 11.8. The van der Waals surface area contributed by atoms with E-state index in [0.717, 1.165) is 105 Å². The van der Waals surface area contributed by atoms with E-state index < -0.39 is 0 Å². The summed E-state index contributed by atoms with van der Waals surface area (Å²) in [5.74, 6) is 1.28. The van der Waals surface area contributed by atoms with E-state index in [1.165, 1.54) is 93.4 Å². The highest BCUT2D eigenvalue weighted by Crippen LogP contribution is 2.44. The molecule has 0 saturated heterocycles. The third kappa shape index (κ3) is 10.3. The molecule has 18 aromatic carbocycles. The van der Waals surface area contributed by atoms with Crippen molar-refractivity contribution in [2.45, 2.75) is 0 Å². The number of rotatable bonds is 10. The van der Waals surface area contributed by atoms with Crippen molar-refractivity contribution in [3.8, 4) is 62.2 Å². The lowest BCUT2D eigenvalue weighted by Gasteiger charge is -2.25. The van der Waals surface area contributed by atoms with Crippen LogP contribution in [0.2, 0.25) is 0 Å². The molecule has 0 radical (unpaired) electrons. The molecule has 5 heterocycles. The van der Waals surface area contributed by atoms with Gasteiger partial charge in [0, 0.05) is 88.3 Å². The highest BCUT2D eigenvalue weighted by molar-refractivity contribution is 6.21. The quantitative estimate of drug-likeness (QED) is 0.128.